The summed E-state index contributed by atoms with van der Waals surface area (Å²) in [7, 11) is 3.24. The maximum absolute atomic E-state index is 11.6. The van der Waals surface area contributed by atoms with Crippen molar-refractivity contribution >= 4 is 35.8 Å². The SMILES string of the molecule is CCNC(=NCCc1cccc(OC)c1O)N1CCC(CC(=O)NC)CC1.I. The third kappa shape index (κ3) is 7.03. The molecule has 1 aliphatic rings. The van der Waals surface area contributed by atoms with Crippen molar-refractivity contribution in [3.05, 3.63) is 23.8 Å². The van der Waals surface area contributed by atoms with E-state index in [0.29, 0.717) is 31.1 Å². The topological polar surface area (TPSA) is 86.2 Å². The Kier molecular flexibility index (Phi) is 11.0. The lowest BCUT2D eigenvalue weighted by Gasteiger charge is -2.34. The fraction of sp³-hybridized carbons (Fsp3) is 0.600. The smallest absolute Gasteiger partial charge is 0.220 e. The monoisotopic (exact) mass is 504 g/mol. The highest BCUT2D eigenvalue weighted by Gasteiger charge is 2.23. The lowest BCUT2D eigenvalue weighted by molar-refractivity contribution is -0.121. The predicted molar refractivity (Wildman–Crippen MR) is 123 cm³/mol. The van der Waals surface area contributed by atoms with Crippen molar-refractivity contribution in [3.8, 4) is 11.5 Å². The van der Waals surface area contributed by atoms with Crippen LogP contribution in [0.5, 0.6) is 11.5 Å². The molecule has 0 atom stereocenters. The summed E-state index contributed by atoms with van der Waals surface area (Å²) in [6.07, 6.45) is 3.24. The van der Waals surface area contributed by atoms with E-state index in [-0.39, 0.29) is 35.6 Å². The van der Waals surface area contributed by atoms with Gasteiger partial charge >= 0.3 is 0 Å². The number of nitrogens with zero attached hydrogens (tertiary/aromatic N) is 2. The fourth-order valence-corrected chi connectivity index (χ4v) is 3.36. The second-order valence-corrected chi connectivity index (χ2v) is 6.76. The lowest BCUT2D eigenvalue weighted by Crippen LogP contribution is -2.46. The van der Waals surface area contributed by atoms with Crippen LogP contribution in [0.4, 0.5) is 0 Å². The third-order valence-electron chi connectivity index (χ3n) is 4.95. The van der Waals surface area contributed by atoms with Gasteiger partial charge in [-0.2, -0.15) is 0 Å². The summed E-state index contributed by atoms with van der Waals surface area (Å²) in [6, 6.07) is 5.51. The van der Waals surface area contributed by atoms with Crippen molar-refractivity contribution in [2.75, 3.05) is 40.3 Å². The molecule has 0 radical (unpaired) electrons. The molecule has 2 rings (SSSR count). The van der Waals surface area contributed by atoms with Crippen LogP contribution in [0, 0.1) is 5.92 Å². The normalized spacial score (nSPS) is 15.0. The predicted octanol–water partition coefficient (Wildman–Crippen LogP) is 2.37. The van der Waals surface area contributed by atoms with E-state index < -0.39 is 0 Å². The summed E-state index contributed by atoms with van der Waals surface area (Å²) in [5.74, 6) is 2.14. The van der Waals surface area contributed by atoms with Gasteiger partial charge in [0.2, 0.25) is 5.91 Å². The van der Waals surface area contributed by atoms with Gasteiger partial charge in [0.25, 0.3) is 0 Å². The van der Waals surface area contributed by atoms with E-state index in [1.165, 1.54) is 0 Å². The van der Waals surface area contributed by atoms with Crippen LogP contribution in [0.1, 0.15) is 31.7 Å². The number of guanidine groups is 1. The van der Waals surface area contributed by atoms with Gasteiger partial charge in [-0.15, -0.1) is 24.0 Å². The maximum Gasteiger partial charge on any atom is 0.220 e. The molecular formula is C20H33IN4O3. The number of rotatable bonds is 7. The summed E-state index contributed by atoms with van der Waals surface area (Å²) in [4.78, 5) is 18.5. The average Bonchev–Trinajstić information content (AvgIpc) is 2.69. The van der Waals surface area contributed by atoms with Crippen LogP contribution in [0.15, 0.2) is 23.2 Å². The van der Waals surface area contributed by atoms with Crippen molar-refractivity contribution in [3.63, 3.8) is 0 Å². The number of likely N-dealkylation sites (tertiary alicyclic amines) is 1. The molecule has 0 bridgehead atoms. The molecule has 8 heteroatoms. The van der Waals surface area contributed by atoms with Gasteiger partial charge in [-0.25, -0.2) is 0 Å². The summed E-state index contributed by atoms with van der Waals surface area (Å²) < 4.78 is 5.16. The molecule has 1 heterocycles. The van der Waals surface area contributed by atoms with Crippen molar-refractivity contribution in [2.24, 2.45) is 10.9 Å². The summed E-state index contributed by atoms with van der Waals surface area (Å²) >= 11 is 0. The number of halogens is 1. The highest BCUT2D eigenvalue weighted by atomic mass is 127. The number of nitrogens with one attached hydrogen (secondary N) is 2. The van der Waals surface area contributed by atoms with Gasteiger partial charge in [-0.05, 0) is 43.7 Å². The molecule has 0 unspecified atom stereocenters. The summed E-state index contributed by atoms with van der Waals surface area (Å²) in [5.41, 5.74) is 0.832. The minimum atomic E-state index is 0. The third-order valence-corrected chi connectivity index (χ3v) is 4.95. The highest BCUT2D eigenvalue weighted by Crippen LogP contribution is 2.29. The number of hydrogen-bond acceptors (Lipinski definition) is 4. The molecule has 1 amide bonds. The quantitative estimate of drug-likeness (QED) is 0.302. The van der Waals surface area contributed by atoms with E-state index in [2.05, 4.69) is 22.5 Å². The number of aromatic hydroxyl groups is 1. The zero-order valence-electron chi connectivity index (χ0n) is 17.0. The molecule has 7 nitrogen and oxygen atoms in total. The first-order chi connectivity index (χ1) is 13.1. The molecule has 0 saturated carbocycles. The van der Waals surface area contributed by atoms with E-state index in [4.69, 9.17) is 9.73 Å². The van der Waals surface area contributed by atoms with E-state index in [1.54, 1.807) is 20.2 Å². The van der Waals surface area contributed by atoms with Gasteiger partial charge in [-0.1, -0.05) is 12.1 Å². The van der Waals surface area contributed by atoms with Crippen LogP contribution < -0.4 is 15.4 Å². The van der Waals surface area contributed by atoms with E-state index in [9.17, 15) is 9.90 Å². The van der Waals surface area contributed by atoms with Crippen LogP contribution in [-0.4, -0.2) is 62.2 Å². The van der Waals surface area contributed by atoms with Crippen LogP contribution in [0.25, 0.3) is 0 Å². The molecule has 1 aliphatic heterocycles. The Labute approximate surface area is 185 Å². The largest absolute Gasteiger partial charge is 0.504 e. The number of benzene rings is 1. The Balaban J connectivity index is 0.00000392. The van der Waals surface area contributed by atoms with Crippen molar-refractivity contribution in [2.45, 2.75) is 32.6 Å². The first-order valence-corrected chi connectivity index (χ1v) is 9.67. The first-order valence-electron chi connectivity index (χ1n) is 9.67. The Morgan fingerprint density at radius 2 is 2.07 bits per heavy atom. The fourth-order valence-electron chi connectivity index (χ4n) is 3.36. The van der Waals surface area contributed by atoms with Gasteiger partial charge < -0.3 is 25.4 Å². The molecule has 1 aromatic rings. The Bertz CT molecular complexity index is 646. The molecule has 1 fully saturated rings. The molecule has 158 valence electrons. The number of phenolic OH excluding ortho intramolecular Hbond substituents is 1. The van der Waals surface area contributed by atoms with Gasteiger partial charge in [0, 0.05) is 39.6 Å². The van der Waals surface area contributed by atoms with Gasteiger partial charge in [0.05, 0.1) is 7.11 Å². The number of phenols is 1. The second-order valence-electron chi connectivity index (χ2n) is 6.76. The standard InChI is InChI=1S/C20H32N4O3.HI/c1-4-22-20(24-12-9-15(10-13-24)14-18(25)21-2)23-11-8-16-6-5-7-17(27-3)19(16)26;/h5-7,15,26H,4,8-14H2,1-3H3,(H,21,25)(H,22,23);1H. The molecule has 1 saturated heterocycles. The highest BCUT2D eigenvalue weighted by molar-refractivity contribution is 14.0. The van der Waals surface area contributed by atoms with Crippen molar-refractivity contribution < 1.29 is 14.6 Å². The number of para-hydroxylation sites is 1. The number of ether oxygens (including phenoxy) is 1. The Morgan fingerprint density at radius 1 is 1.36 bits per heavy atom. The maximum atomic E-state index is 11.6. The number of methoxy groups -OCH3 is 1. The number of hydrogen-bond donors (Lipinski definition) is 3. The summed E-state index contributed by atoms with van der Waals surface area (Å²) in [5, 5.41) is 16.3. The first kappa shape index (κ1) is 24.3. The number of carbonyl (C=O) groups is 1. The lowest BCUT2D eigenvalue weighted by atomic mass is 9.93. The van der Waals surface area contributed by atoms with Crippen LogP contribution >= 0.6 is 24.0 Å². The Morgan fingerprint density at radius 3 is 2.68 bits per heavy atom. The zero-order chi connectivity index (χ0) is 19.6. The van der Waals surface area contributed by atoms with Crippen LogP contribution in [0.3, 0.4) is 0 Å². The van der Waals surface area contributed by atoms with E-state index >= 15 is 0 Å². The second kappa shape index (κ2) is 12.7. The molecule has 0 aromatic heterocycles. The molecular weight excluding hydrogens is 471 g/mol. The van der Waals surface area contributed by atoms with Crippen molar-refractivity contribution in [1.82, 2.24) is 15.5 Å². The number of piperidine rings is 1. The number of amides is 1. The zero-order valence-corrected chi connectivity index (χ0v) is 19.4. The number of aliphatic imine (C=N–C) groups is 1. The van der Waals surface area contributed by atoms with Crippen LogP contribution in [-0.2, 0) is 11.2 Å². The molecule has 0 aliphatic carbocycles. The molecule has 1 aromatic carbocycles. The van der Waals surface area contributed by atoms with Gasteiger partial charge in [0.1, 0.15) is 0 Å². The number of carbonyl (C=O) groups excluding carboxylic acids is 1. The van der Waals surface area contributed by atoms with E-state index in [1.807, 2.05) is 12.1 Å². The van der Waals surface area contributed by atoms with Gasteiger partial charge in [-0.3, -0.25) is 9.79 Å². The minimum Gasteiger partial charge on any atom is -0.504 e. The summed E-state index contributed by atoms with van der Waals surface area (Å²) in [6.45, 7) is 5.25. The molecule has 3 N–H and O–H groups in total. The van der Waals surface area contributed by atoms with Crippen molar-refractivity contribution in [1.29, 1.82) is 0 Å². The van der Waals surface area contributed by atoms with E-state index in [0.717, 1.165) is 44.0 Å². The Hall–Kier alpha value is -1.71. The van der Waals surface area contributed by atoms with Crippen LogP contribution in [0.2, 0.25) is 0 Å². The molecule has 0 spiro atoms. The molecule has 28 heavy (non-hydrogen) atoms. The average molecular weight is 504 g/mol. The van der Waals surface area contributed by atoms with Gasteiger partial charge in [0.15, 0.2) is 17.5 Å². The minimum absolute atomic E-state index is 0.